The van der Waals surface area contributed by atoms with E-state index in [4.69, 9.17) is 9.47 Å². The molecule has 1 fully saturated rings. The first-order chi connectivity index (χ1) is 17.0. The molecule has 0 radical (unpaired) electrons. The summed E-state index contributed by atoms with van der Waals surface area (Å²) in [5.74, 6) is -2.02. The number of halogens is 1. The molecule has 3 aromatic rings. The van der Waals surface area contributed by atoms with Crippen molar-refractivity contribution in [3.05, 3.63) is 95.1 Å². The summed E-state index contributed by atoms with van der Waals surface area (Å²) in [6, 6.07) is 14.7. The Bertz CT molecular complexity index is 1280. The zero-order chi connectivity index (χ0) is 24.9. The van der Waals surface area contributed by atoms with Crippen LogP contribution in [0.1, 0.15) is 36.7 Å². The predicted octanol–water partition coefficient (Wildman–Crippen LogP) is 4.64. The normalized spacial score (nSPS) is 17.0. The average Bonchev–Trinajstić information content (AvgIpc) is 3.10. The number of nitrogens with zero attached hydrogens (tertiary/aromatic N) is 2. The lowest BCUT2D eigenvalue weighted by Gasteiger charge is -2.25. The van der Waals surface area contributed by atoms with Crippen LogP contribution in [0.2, 0.25) is 0 Å². The lowest BCUT2D eigenvalue weighted by atomic mass is 9.94. The van der Waals surface area contributed by atoms with Crippen LogP contribution in [0.15, 0.2) is 72.4 Å². The fourth-order valence-corrected chi connectivity index (χ4v) is 4.10. The zero-order valence-corrected chi connectivity index (χ0v) is 19.4. The summed E-state index contributed by atoms with van der Waals surface area (Å²) >= 11 is 0. The van der Waals surface area contributed by atoms with E-state index in [-0.39, 0.29) is 29.0 Å². The number of aliphatic hydroxyl groups is 1. The molecule has 2 aromatic carbocycles. The first kappa shape index (κ1) is 23.9. The number of carbonyl (C=O) groups is 2. The fraction of sp³-hybridized carbons (Fsp3) is 0.222. The molecule has 2 heterocycles. The molecule has 0 spiro atoms. The van der Waals surface area contributed by atoms with E-state index in [1.807, 2.05) is 6.92 Å². The summed E-state index contributed by atoms with van der Waals surface area (Å²) in [6.45, 7) is 4.31. The zero-order valence-electron chi connectivity index (χ0n) is 19.4. The highest BCUT2D eigenvalue weighted by Gasteiger charge is 2.47. The maximum atomic E-state index is 15.0. The fourth-order valence-electron chi connectivity index (χ4n) is 4.10. The third kappa shape index (κ3) is 4.73. The van der Waals surface area contributed by atoms with Crippen LogP contribution in [0.4, 0.5) is 4.39 Å². The smallest absolute Gasteiger partial charge is 0.296 e. The van der Waals surface area contributed by atoms with Gasteiger partial charge in [-0.25, -0.2) is 4.39 Å². The van der Waals surface area contributed by atoms with Crippen LogP contribution in [-0.2, 0) is 16.1 Å². The summed E-state index contributed by atoms with van der Waals surface area (Å²) in [4.78, 5) is 31.8. The summed E-state index contributed by atoms with van der Waals surface area (Å²) < 4.78 is 26.2. The molecule has 1 amide bonds. The van der Waals surface area contributed by atoms with E-state index in [2.05, 4.69) is 4.98 Å². The minimum Gasteiger partial charge on any atom is -0.507 e. The van der Waals surface area contributed by atoms with Crippen LogP contribution in [0.25, 0.3) is 5.76 Å². The number of rotatable bonds is 8. The van der Waals surface area contributed by atoms with Crippen molar-refractivity contribution in [1.29, 1.82) is 0 Å². The van der Waals surface area contributed by atoms with Gasteiger partial charge in [-0.3, -0.25) is 14.6 Å². The first-order valence-electron chi connectivity index (χ1n) is 11.3. The second-order valence-corrected chi connectivity index (χ2v) is 7.79. The van der Waals surface area contributed by atoms with E-state index in [0.717, 1.165) is 0 Å². The summed E-state index contributed by atoms with van der Waals surface area (Å²) in [5, 5.41) is 11.4. The Morgan fingerprint density at radius 3 is 2.46 bits per heavy atom. The molecule has 1 unspecified atom stereocenters. The van der Waals surface area contributed by atoms with Gasteiger partial charge in [-0.2, -0.15) is 0 Å². The molecule has 8 heteroatoms. The Labute approximate surface area is 202 Å². The highest BCUT2D eigenvalue weighted by Crippen LogP contribution is 2.42. The molecule has 0 aliphatic carbocycles. The van der Waals surface area contributed by atoms with Gasteiger partial charge in [-0.15, -0.1) is 0 Å². The van der Waals surface area contributed by atoms with Gasteiger partial charge in [-0.05, 0) is 44.2 Å². The van der Waals surface area contributed by atoms with Crippen molar-refractivity contribution >= 4 is 17.4 Å². The summed E-state index contributed by atoms with van der Waals surface area (Å²) in [7, 11) is 0. The van der Waals surface area contributed by atoms with Crippen LogP contribution in [0.5, 0.6) is 11.5 Å². The number of hydrogen-bond donors (Lipinski definition) is 1. The third-order valence-corrected chi connectivity index (χ3v) is 5.62. The quantitative estimate of drug-likeness (QED) is 0.290. The number of ether oxygens (including phenoxy) is 2. The molecule has 4 rings (SSSR count). The van der Waals surface area contributed by atoms with Crippen LogP contribution in [0.3, 0.4) is 0 Å². The highest BCUT2D eigenvalue weighted by atomic mass is 19.1. The number of likely N-dealkylation sites (tertiary alicyclic amines) is 1. The standard InChI is InChI=1S/C27H25FN2O5/c1-3-34-18-12-13-20(22(15-18)35-4-2)25(31)23-24(19-10-5-6-11-21(19)28)30(27(33)26(23)32)16-17-9-7-8-14-29-17/h5-15,24,31H,3-4,16H2,1-2H3/b25-23+. The SMILES string of the molecule is CCOc1ccc(/C(O)=C2\C(=O)C(=O)N(Cc3ccccn3)C2c2ccccc2F)c(OCC)c1. The number of aliphatic hydroxyl groups excluding tert-OH is 1. The summed E-state index contributed by atoms with van der Waals surface area (Å²) in [6.07, 6.45) is 1.57. The van der Waals surface area contributed by atoms with Crippen molar-refractivity contribution in [3.8, 4) is 11.5 Å². The van der Waals surface area contributed by atoms with Gasteiger partial charge in [0.2, 0.25) is 0 Å². The second kappa shape index (κ2) is 10.4. The highest BCUT2D eigenvalue weighted by molar-refractivity contribution is 6.46. The van der Waals surface area contributed by atoms with Gasteiger partial charge in [-0.1, -0.05) is 24.3 Å². The second-order valence-electron chi connectivity index (χ2n) is 7.79. The van der Waals surface area contributed by atoms with Gasteiger partial charge < -0.3 is 19.5 Å². The van der Waals surface area contributed by atoms with Crippen molar-refractivity contribution < 1.29 is 28.6 Å². The molecule has 1 atom stereocenters. The largest absolute Gasteiger partial charge is 0.507 e. The Morgan fingerprint density at radius 2 is 1.77 bits per heavy atom. The number of benzene rings is 2. The van der Waals surface area contributed by atoms with Gasteiger partial charge in [0.1, 0.15) is 23.1 Å². The maximum absolute atomic E-state index is 15.0. The Morgan fingerprint density at radius 1 is 1.03 bits per heavy atom. The Balaban J connectivity index is 1.89. The van der Waals surface area contributed by atoms with Gasteiger partial charge in [0, 0.05) is 17.8 Å². The van der Waals surface area contributed by atoms with Crippen molar-refractivity contribution in [1.82, 2.24) is 9.88 Å². The third-order valence-electron chi connectivity index (χ3n) is 5.62. The summed E-state index contributed by atoms with van der Waals surface area (Å²) in [5.41, 5.74) is 0.591. The number of ketones is 1. The maximum Gasteiger partial charge on any atom is 0.296 e. The van der Waals surface area contributed by atoms with Gasteiger partial charge in [0.05, 0.1) is 42.6 Å². The molecule has 0 saturated carbocycles. The van der Waals surface area contributed by atoms with Gasteiger partial charge in [0.25, 0.3) is 11.7 Å². The van der Waals surface area contributed by atoms with E-state index in [1.165, 1.54) is 23.1 Å². The van der Waals surface area contributed by atoms with Crippen molar-refractivity contribution in [2.75, 3.05) is 13.2 Å². The van der Waals surface area contributed by atoms with Crippen LogP contribution in [0, 0.1) is 5.82 Å². The molecule has 35 heavy (non-hydrogen) atoms. The molecular weight excluding hydrogens is 451 g/mol. The van der Waals surface area contributed by atoms with Crippen LogP contribution >= 0.6 is 0 Å². The lowest BCUT2D eigenvalue weighted by molar-refractivity contribution is -0.140. The molecule has 1 aliphatic heterocycles. The van der Waals surface area contributed by atoms with E-state index < -0.39 is 29.3 Å². The van der Waals surface area contributed by atoms with Crippen molar-refractivity contribution in [2.24, 2.45) is 0 Å². The molecule has 1 N–H and O–H groups in total. The van der Waals surface area contributed by atoms with Gasteiger partial charge in [0.15, 0.2) is 0 Å². The minimum atomic E-state index is -1.15. The molecular formula is C27H25FN2O5. The molecule has 7 nitrogen and oxygen atoms in total. The number of carbonyl (C=O) groups excluding carboxylic acids is 2. The van der Waals surface area contributed by atoms with Crippen LogP contribution < -0.4 is 9.47 Å². The minimum absolute atomic E-state index is 0.0389. The van der Waals surface area contributed by atoms with E-state index in [0.29, 0.717) is 24.7 Å². The molecule has 1 saturated heterocycles. The number of aromatic nitrogens is 1. The number of pyridine rings is 1. The van der Waals surface area contributed by atoms with Crippen LogP contribution in [-0.4, -0.2) is 39.9 Å². The average molecular weight is 477 g/mol. The van der Waals surface area contributed by atoms with Crippen molar-refractivity contribution in [2.45, 2.75) is 26.4 Å². The number of hydrogen-bond acceptors (Lipinski definition) is 6. The lowest BCUT2D eigenvalue weighted by Crippen LogP contribution is -2.30. The van der Waals surface area contributed by atoms with Crippen molar-refractivity contribution in [3.63, 3.8) is 0 Å². The van der Waals surface area contributed by atoms with E-state index in [9.17, 15) is 19.1 Å². The molecule has 0 bridgehead atoms. The monoisotopic (exact) mass is 476 g/mol. The Hall–Kier alpha value is -4.20. The van der Waals surface area contributed by atoms with E-state index >= 15 is 0 Å². The molecule has 1 aliphatic rings. The first-order valence-corrected chi connectivity index (χ1v) is 11.3. The topological polar surface area (TPSA) is 89.0 Å². The van der Waals surface area contributed by atoms with E-state index in [1.54, 1.807) is 55.6 Å². The molecule has 180 valence electrons. The number of amides is 1. The van der Waals surface area contributed by atoms with Gasteiger partial charge >= 0.3 is 0 Å². The molecule has 1 aromatic heterocycles. The number of Topliss-reactive ketones (excluding diaryl/α,β-unsaturated/α-hetero) is 1. The predicted molar refractivity (Wildman–Crippen MR) is 127 cm³/mol. The Kier molecular flexibility index (Phi) is 7.10.